The molecule has 4 heteroatoms. The summed E-state index contributed by atoms with van der Waals surface area (Å²) in [6, 6.07) is 10.3. The number of aryl methyl sites for hydroxylation is 1. The Balaban J connectivity index is 1.94. The van der Waals surface area contributed by atoms with Crippen LogP contribution >= 0.6 is 11.3 Å². The summed E-state index contributed by atoms with van der Waals surface area (Å²) < 4.78 is 3.28. The van der Waals surface area contributed by atoms with Gasteiger partial charge in [-0.1, -0.05) is 18.2 Å². The fourth-order valence-electron chi connectivity index (χ4n) is 2.44. The molecular weight excluding hydrogens is 268 g/mol. The van der Waals surface area contributed by atoms with Gasteiger partial charge in [0.2, 0.25) is 0 Å². The fraction of sp³-hybridized carbons (Fsp3) is 0.312. The molecule has 3 aromatic rings. The summed E-state index contributed by atoms with van der Waals surface area (Å²) in [7, 11) is 0. The van der Waals surface area contributed by atoms with E-state index in [0.29, 0.717) is 6.42 Å². The molecule has 0 bridgehead atoms. The Morgan fingerprint density at radius 3 is 2.90 bits per heavy atom. The third-order valence-electron chi connectivity index (χ3n) is 3.60. The highest BCUT2D eigenvalue weighted by atomic mass is 32.1. The molecule has 1 unspecified atom stereocenters. The fourth-order valence-corrected chi connectivity index (χ4v) is 3.54. The minimum absolute atomic E-state index is 0.528. The molecule has 3 rings (SSSR count). The molecule has 2 heterocycles. The molecule has 0 aliphatic rings. The third kappa shape index (κ3) is 2.37. The van der Waals surface area contributed by atoms with Gasteiger partial charge in [-0.05, 0) is 31.4 Å². The summed E-state index contributed by atoms with van der Waals surface area (Å²) in [5, 5.41) is 12.0. The standard InChI is InChI=1S/C16H18N2OS/c1-3-18-9-8-17-15(18)11-16(2,19)14-10-12-6-4-5-7-13(12)20-14/h4-10,19H,3,11H2,1-2H3. The van der Waals surface area contributed by atoms with Gasteiger partial charge in [0.05, 0.1) is 0 Å². The van der Waals surface area contributed by atoms with Crippen LogP contribution in [0, 0.1) is 0 Å². The van der Waals surface area contributed by atoms with E-state index >= 15 is 0 Å². The van der Waals surface area contributed by atoms with Gasteiger partial charge in [0, 0.05) is 34.9 Å². The van der Waals surface area contributed by atoms with Crippen LogP contribution in [0.15, 0.2) is 42.7 Å². The van der Waals surface area contributed by atoms with Crippen LogP contribution in [0.5, 0.6) is 0 Å². The molecule has 0 aliphatic carbocycles. The van der Waals surface area contributed by atoms with E-state index in [9.17, 15) is 5.11 Å². The van der Waals surface area contributed by atoms with Crippen LogP contribution in [0.3, 0.4) is 0 Å². The first-order valence-corrected chi connectivity index (χ1v) is 7.63. The van der Waals surface area contributed by atoms with Crippen LogP contribution in [0.2, 0.25) is 0 Å². The van der Waals surface area contributed by atoms with Gasteiger partial charge >= 0.3 is 0 Å². The van der Waals surface area contributed by atoms with Crippen molar-refractivity contribution >= 4 is 21.4 Å². The Hall–Kier alpha value is -1.65. The molecule has 0 radical (unpaired) electrons. The predicted molar refractivity (Wildman–Crippen MR) is 83.0 cm³/mol. The van der Waals surface area contributed by atoms with E-state index < -0.39 is 5.60 Å². The molecule has 0 amide bonds. The van der Waals surface area contributed by atoms with E-state index in [1.807, 2.05) is 25.3 Å². The number of hydrogen-bond acceptors (Lipinski definition) is 3. The monoisotopic (exact) mass is 286 g/mol. The summed E-state index contributed by atoms with van der Waals surface area (Å²) in [4.78, 5) is 5.35. The minimum Gasteiger partial charge on any atom is -0.384 e. The van der Waals surface area contributed by atoms with Crippen LogP contribution in [0.1, 0.15) is 24.5 Å². The van der Waals surface area contributed by atoms with Gasteiger partial charge in [-0.3, -0.25) is 0 Å². The Morgan fingerprint density at radius 1 is 1.35 bits per heavy atom. The maximum Gasteiger partial charge on any atom is 0.111 e. The second kappa shape index (κ2) is 5.04. The topological polar surface area (TPSA) is 38.0 Å². The number of aromatic nitrogens is 2. The lowest BCUT2D eigenvalue weighted by Crippen LogP contribution is -2.25. The molecule has 1 N–H and O–H groups in total. The molecule has 1 atom stereocenters. The average Bonchev–Trinajstić information content (AvgIpc) is 3.04. The minimum atomic E-state index is -0.887. The van der Waals surface area contributed by atoms with Gasteiger partial charge in [-0.2, -0.15) is 0 Å². The summed E-state index contributed by atoms with van der Waals surface area (Å²) >= 11 is 1.65. The van der Waals surface area contributed by atoms with Gasteiger partial charge in [0.25, 0.3) is 0 Å². The average molecular weight is 286 g/mol. The lowest BCUT2D eigenvalue weighted by molar-refractivity contribution is 0.0585. The van der Waals surface area contributed by atoms with Crippen molar-refractivity contribution in [2.24, 2.45) is 0 Å². The number of fused-ring (bicyclic) bond motifs is 1. The van der Waals surface area contributed by atoms with Crippen molar-refractivity contribution in [1.29, 1.82) is 0 Å². The molecule has 0 fully saturated rings. The van der Waals surface area contributed by atoms with Crippen LogP contribution < -0.4 is 0 Å². The van der Waals surface area contributed by atoms with E-state index in [1.165, 1.54) is 10.1 Å². The number of nitrogens with zero attached hydrogens (tertiary/aromatic N) is 2. The Kier molecular flexibility index (Phi) is 3.36. The van der Waals surface area contributed by atoms with Crippen LogP contribution in [0.25, 0.3) is 10.1 Å². The number of hydrogen-bond donors (Lipinski definition) is 1. The molecule has 0 saturated heterocycles. The van der Waals surface area contributed by atoms with Gasteiger partial charge in [-0.25, -0.2) is 4.98 Å². The maximum atomic E-state index is 10.8. The zero-order chi connectivity index (χ0) is 14.2. The van der Waals surface area contributed by atoms with Gasteiger partial charge in [0.1, 0.15) is 11.4 Å². The zero-order valence-corrected chi connectivity index (χ0v) is 12.5. The van der Waals surface area contributed by atoms with Crippen LogP contribution in [0.4, 0.5) is 0 Å². The molecule has 0 spiro atoms. The Morgan fingerprint density at radius 2 is 2.15 bits per heavy atom. The molecular formula is C16H18N2OS. The lowest BCUT2D eigenvalue weighted by Gasteiger charge is -2.21. The van der Waals surface area contributed by atoms with Crippen molar-refractivity contribution in [2.45, 2.75) is 32.4 Å². The summed E-state index contributed by atoms with van der Waals surface area (Å²) in [5.41, 5.74) is -0.887. The highest BCUT2D eigenvalue weighted by molar-refractivity contribution is 7.19. The van der Waals surface area contributed by atoms with Gasteiger partial charge in [0.15, 0.2) is 0 Å². The molecule has 2 aromatic heterocycles. The highest BCUT2D eigenvalue weighted by Gasteiger charge is 2.27. The number of benzene rings is 1. The maximum absolute atomic E-state index is 10.8. The first-order chi connectivity index (χ1) is 9.60. The third-order valence-corrected chi connectivity index (χ3v) is 4.97. The number of aliphatic hydroxyl groups is 1. The quantitative estimate of drug-likeness (QED) is 0.796. The van der Waals surface area contributed by atoms with Crippen molar-refractivity contribution in [3.8, 4) is 0 Å². The molecule has 1 aromatic carbocycles. The second-order valence-electron chi connectivity index (χ2n) is 5.23. The summed E-state index contributed by atoms with van der Waals surface area (Å²) in [5.74, 6) is 0.926. The SMILES string of the molecule is CCn1ccnc1CC(C)(O)c1cc2ccccc2s1. The lowest BCUT2D eigenvalue weighted by atomic mass is 9.99. The number of rotatable bonds is 4. The number of thiophene rings is 1. The zero-order valence-electron chi connectivity index (χ0n) is 11.7. The first kappa shape index (κ1) is 13.3. The van der Waals surface area contributed by atoms with Crippen LogP contribution in [-0.2, 0) is 18.6 Å². The molecule has 3 nitrogen and oxygen atoms in total. The smallest absolute Gasteiger partial charge is 0.111 e. The molecule has 0 aliphatic heterocycles. The van der Waals surface area contributed by atoms with E-state index in [4.69, 9.17) is 0 Å². The molecule has 0 saturated carbocycles. The van der Waals surface area contributed by atoms with Crippen molar-refractivity contribution < 1.29 is 5.11 Å². The second-order valence-corrected chi connectivity index (χ2v) is 6.31. The van der Waals surface area contributed by atoms with E-state index in [1.54, 1.807) is 17.5 Å². The molecule has 104 valence electrons. The Labute approximate surface area is 122 Å². The van der Waals surface area contributed by atoms with Gasteiger partial charge < -0.3 is 9.67 Å². The number of imidazole rings is 1. The first-order valence-electron chi connectivity index (χ1n) is 6.81. The summed E-state index contributed by atoms with van der Waals surface area (Å²) in [6.07, 6.45) is 4.27. The van der Waals surface area contributed by atoms with Crippen LogP contribution in [-0.4, -0.2) is 14.7 Å². The highest BCUT2D eigenvalue weighted by Crippen LogP contribution is 2.34. The molecule has 20 heavy (non-hydrogen) atoms. The normalized spacial score (nSPS) is 14.6. The predicted octanol–water partition coefficient (Wildman–Crippen LogP) is 3.57. The van der Waals surface area contributed by atoms with E-state index in [2.05, 4.69) is 34.7 Å². The van der Waals surface area contributed by atoms with Gasteiger partial charge in [-0.15, -0.1) is 11.3 Å². The van der Waals surface area contributed by atoms with Crippen molar-refractivity contribution in [3.63, 3.8) is 0 Å². The van der Waals surface area contributed by atoms with Crippen molar-refractivity contribution in [1.82, 2.24) is 9.55 Å². The summed E-state index contributed by atoms with van der Waals surface area (Å²) in [6.45, 7) is 4.82. The van der Waals surface area contributed by atoms with Crippen molar-refractivity contribution in [2.75, 3.05) is 0 Å². The largest absolute Gasteiger partial charge is 0.384 e. The van der Waals surface area contributed by atoms with E-state index in [0.717, 1.165) is 17.2 Å². The van der Waals surface area contributed by atoms with Crippen molar-refractivity contribution in [3.05, 3.63) is 53.4 Å². The Bertz CT molecular complexity index is 694. The van der Waals surface area contributed by atoms with E-state index in [-0.39, 0.29) is 0 Å².